The maximum Gasteiger partial charge on any atom is 0.345 e. The molecule has 0 amide bonds. The van der Waals surface area contributed by atoms with E-state index in [0.29, 0.717) is 15.6 Å². The molecular weight excluding hydrogens is 236 g/mol. The van der Waals surface area contributed by atoms with Crippen molar-refractivity contribution in [3.63, 3.8) is 0 Å². The van der Waals surface area contributed by atoms with Crippen LogP contribution in [0.25, 0.3) is 10.1 Å². The molecular formula is C10H7ClO3S. The molecule has 1 aromatic carbocycles. The van der Waals surface area contributed by atoms with Crippen LogP contribution in [0.1, 0.15) is 9.67 Å². The van der Waals surface area contributed by atoms with E-state index in [2.05, 4.69) is 0 Å². The third-order valence-electron chi connectivity index (χ3n) is 2.00. The Morgan fingerprint density at radius 1 is 1.47 bits per heavy atom. The van der Waals surface area contributed by atoms with Gasteiger partial charge in [0.25, 0.3) is 0 Å². The number of ether oxygens (including phenoxy) is 1. The summed E-state index contributed by atoms with van der Waals surface area (Å²) in [7, 11) is 1.53. The van der Waals surface area contributed by atoms with Crippen LogP contribution in [0, 0.1) is 0 Å². The van der Waals surface area contributed by atoms with Crippen LogP contribution >= 0.6 is 22.9 Å². The van der Waals surface area contributed by atoms with Gasteiger partial charge < -0.3 is 9.84 Å². The zero-order valence-corrected chi connectivity index (χ0v) is 9.35. The van der Waals surface area contributed by atoms with E-state index in [4.69, 9.17) is 21.4 Å². The van der Waals surface area contributed by atoms with Crippen molar-refractivity contribution in [2.75, 3.05) is 7.11 Å². The maximum atomic E-state index is 10.8. The monoisotopic (exact) mass is 242 g/mol. The lowest BCUT2D eigenvalue weighted by molar-refractivity contribution is 0.0702. The summed E-state index contributed by atoms with van der Waals surface area (Å²) in [6.07, 6.45) is 0. The lowest BCUT2D eigenvalue weighted by Gasteiger charge is -2.01. The molecule has 15 heavy (non-hydrogen) atoms. The van der Waals surface area contributed by atoms with Crippen molar-refractivity contribution in [1.82, 2.24) is 0 Å². The van der Waals surface area contributed by atoms with Gasteiger partial charge in [-0.05, 0) is 23.6 Å². The van der Waals surface area contributed by atoms with Crippen LogP contribution in [-0.4, -0.2) is 18.2 Å². The average molecular weight is 243 g/mol. The third kappa shape index (κ3) is 1.78. The Kier molecular flexibility index (Phi) is 2.54. The highest BCUT2D eigenvalue weighted by Crippen LogP contribution is 2.34. The fraction of sp³-hybridized carbons (Fsp3) is 0.100. The van der Waals surface area contributed by atoms with Gasteiger partial charge in [-0.2, -0.15) is 0 Å². The first-order valence-corrected chi connectivity index (χ1v) is 5.31. The molecule has 0 atom stereocenters. The first-order chi connectivity index (χ1) is 7.11. The number of benzene rings is 1. The summed E-state index contributed by atoms with van der Waals surface area (Å²) in [5.41, 5.74) is 0. The number of carbonyl (C=O) groups is 1. The van der Waals surface area contributed by atoms with E-state index in [1.54, 1.807) is 18.2 Å². The lowest BCUT2D eigenvalue weighted by atomic mass is 10.2. The minimum Gasteiger partial charge on any atom is -0.495 e. The summed E-state index contributed by atoms with van der Waals surface area (Å²) in [6, 6.07) is 5.06. The second-order valence-corrected chi connectivity index (χ2v) is 4.43. The number of hydrogen-bond donors (Lipinski definition) is 1. The molecule has 0 aliphatic heterocycles. The minimum atomic E-state index is -0.925. The van der Waals surface area contributed by atoms with Crippen LogP contribution in [0.4, 0.5) is 0 Å². The van der Waals surface area contributed by atoms with Gasteiger partial charge in [0.1, 0.15) is 10.6 Å². The van der Waals surface area contributed by atoms with E-state index in [9.17, 15) is 4.79 Å². The summed E-state index contributed by atoms with van der Waals surface area (Å²) >= 11 is 7.13. The first-order valence-electron chi connectivity index (χ1n) is 4.12. The molecule has 0 bridgehead atoms. The predicted molar refractivity (Wildman–Crippen MR) is 60.3 cm³/mol. The highest BCUT2D eigenvalue weighted by atomic mass is 35.5. The molecule has 0 saturated carbocycles. The van der Waals surface area contributed by atoms with E-state index in [-0.39, 0.29) is 0 Å². The Morgan fingerprint density at radius 2 is 2.20 bits per heavy atom. The standard InChI is InChI=1S/C10H7ClO3S/c1-14-7-2-5-3-9(10(12)13)15-8(5)4-6(7)11/h2-4H,1H3,(H,12,13). The molecule has 1 aromatic heterocycles. The molecule has 0 fully saturated rings. The number of carboxylic acid groups (broad SMARTS) is 1. The van der Waals surface area contributed by atoms with E-state index in [1.165, 1.54) is 18.4 Å². The van der Waals surface area contributed by atoms with E-state index >= 15 is 0 Å². The fourth-order valence-corrected chi connectivity index (χ4v) is 2.53. The molecule has 0 aliphatic carbocycles. The molecule has 78 valence electrons. The SMILES string of the molecule is COc1cc2cc(C(=O)O)sc2cc1Cl. The third-order valence-corrected chi connectivity index (χ3v) is 3.38. The second-order valence-electron chi connectivity index (χ2n) is 2.94. The number of rotatable bonds is 2. The van der Waals surface area contributed by atoms with Gasteiger partial charge >= 0.3 is 5.97 Å². The van der Waals surface area contributed by atoms with Crippen molar-refractivity contribution < 1.29 is 14.6 Å². The Balaban J connectivity index is 2.66. The van der Waals surface area contributed by atoms with Crippen LogP contribution < -0.4 is 4.74 Å². The molecule has 5 heteroatoms. The van der Waals surface area contributed by atoms with Crippen molar-refractivity contribution >= 4 is 39.0 Å². The van der Waals surface area contributed by atoms with Gasteiger partial charge in [-0.1, -0.05) is 11.6 Å². The molecule has 2 aromatic rings. The van der Waals surface area contributed by atoms with Gasteiger partial charge in [-0.25, -0.2) is 4.79 Å². The number of thiophene rings is 1. The summed E-state index contributed by atoms with van der Waals surface area (Å²) in [5.74, 6) is -0.370. The molecule has 2 rings (SSSR count). The fourth-order valence-electron chi connectivity index (χ4n) is 1.30. The molecule has 0 aliphatic rings. The number of aromatic carboxylic acids is 1. The van der Waals surface area contributed by atoms with Gasteiger partial charge in [0, 0.05) is 4.70 Å². The number of methoxy groups -OCH3 is 1. The van der Waals surface area contributed by atoms with Crippen molar-refractivity contribution in [3.05, 3.63) is 28.1 Å². The van der Waals surface area contributed by atoms with Crippen LogP contribution in [-0.2, 0) is 0 Å². The van der Waals surface area contributed by atoms with E-state index in [0.717, 1.165) is 10.1 Å². The van der Waals surface area contributed by atoms with Crippen LogP contribution in [0.15, 0.2) is 18.2 Å². The minimum absolute atomic E-state index is 0.300. The quantitative estimate of drug-likeness (QED) is 0.879. The van der Waals surface area contributed by atoms with Gasteiger partial charge in [-0.15, -0.1) is 11.3 Å². The summed E-state index contributed by atoms with van der Waals surface area (Å²) in [4.78, 5) is 11.1. The van der Waals surface area contributed by atoms with E-state index < -0.39 is 5.97 Å². The van der Waals surface area contributed by atoms with Gasteiger partial charge in [0.2, 0.25) is 0 Å². The van der Waals surface area contributed by atoms with Crippen LogP contribution in [0.3, 0.4) is 0 Å². The van der Waals surface area contributed by atoms with Crippen molar-refractivity contribution in [2.24, 2.45) is 0 Å². The number of hydrogen-bond acceptors (Lipinski definition) is 3. The van der Waals surface area contributed by atoms with E-state index in [1.807, 2.05) is 0 Å². The zero-order chi connectivity index (χ0) is 11.0. The molecule has 0 spiro atoms. The zero-order valence-electron chi connectivity index (χ0n) is 7.78. The topological polar surface area (TPSA) is 46.5 Å². The highest BCUT2D eigenvalue weighted by molar-refractivity contribution is 7.20. The number of carboxylic acids is 1. The summed E-state index contributed by atoms with van der Waals surface area (Å²) in [5, 5.41) is 10.1. The largest absolute Gasteiger partial charge is 0.495 e. The van der Waals surface area contributed by atoms with Crippen molar-refractivity contribution in [3.8, 4) is 5.75 Å². The Labute approximate surface area is 94.9 Å². The Hall–Kier alpha value is -1.26. The molecule has 1 heterocycles. The normalized spacial score (nSPS) is 10.5. The molecule has 0 unspecified atom stereocenters. The molecule has 1 N–H and O–H groups in total. The van der Waals surface area contributed by atoms with Crippen molar-refractivity contribution in [1.29, 1.82) is 0 Å². The summed E-state index contributed by atoms with van der Waals surface area (Å²) < 4.78 is 5.89. The molecule has 3 nitrogen and oxygen atoms in total. The van der Waals surface area contributed by atoms with Gasteiger partial charge in [0.15, 0.2) is 0 Å². The Bertz CT molecular complexity index is 533. The average Bonchev–Trinajstić information content (AvgIpc) is 2.59. The maximum absolute atomic E-state index is 10.8. The predicted octanol–water partition coefficient (Wildman–Crippen LogP) is 3.26. The van der Waals surface area contributed by atoms with Gasteiger partial charge in [0.05, 0.1) is 12.1 Å². The smallest absolute Gasteiger partial charge is 0.345 e. The Morgan fingerprint density at radius 3 is 2.80 bits per heavy atom. The van der Waals surface area contributed by atoms with Crippen LogP contribution in [0.2, 0.25) is 5.02 Å². The van der Waals surface area contributed by atoms with Crippen LogP contribution in [0.5, 0.6) is 5.75 Å². The molecule has 0 saturated heterocycles. The second kappa shape index (κ2) is 3.72. The summed E-state index contributed by atoms with van der Waals surface area (Å²) in [6.45, 7) is 0. The number of fused-ring (bicyclic) bond motifs is 1. The van der Waals surface area contributed by atoms with Crippen molar-refractivity contribution in [2.45, 2.75) is 0 Å². The molecule has 0 radical (unpaired) electrons. The van der Waals surface area contributed by atoms with Gasteiger partial charge in [-0.3, -0.25) is 0 Å². The lowest BCUT2D eigenvalue weighted by Crippen LogP contribution is -1.89. The highest BCUT2D eigenvalue weighted by Gasteiger charge is 2.10. The number of halogens is 1. The first kappa shape index (κ1) is 10.3.